The summed E-state index contributed by atoms with van der Waals surface area (Å²) >= 11 is 0. The van der Waals surface area contributed by atoms with Crippen LogP contribution < -0.4 is 19.3 Å². The van der Waals surface area contributed by atoms with Gasteiger partial charge in [0.15, 0.2) is 0 Å². The minimum absolute atomic E-state index is 0.0302. The van der Waals surface area contributed by atoms with Crippen LogP contribution in [0.25, 0.3) is 0 Å². The first kappa shape index (κ1) is 63.1. The third-order valence-electron chi connectivity index (χ3n) is 14.8. The molecule has 22 heteroatoms. The van der Waals surface area contributed by atoms with Gasteiger partial charge in [-0.1, -0.05) is 24.3 Å². The third-order valence-corrected chi connectivity index (χ3v) is 14.8. The van der Waals surface area contributed by atoms with Gasteiger partial charge in [-0.2, -0.15) is 26.3 Å². The van der Waals surface area contributed by atoms with Crippen LogP contribution in [0, 0.1) is 13.8 Å². The molecule has 0 unspecified atom stereocenters. The Morgan fingerprint density at radius 2 is 0.964 bits per heavy atom. The zero-order valence-electron chi connectivity index (χ0n) is 48.6. The van der Waals surface area contributed by atoms with Gasteiger partial charge in [0, 0.05) is 38.6 Å². The highest BCUT2D eigenvalue weighted by Crippen LogP contribution is 2.48. The van der Waals surface area contributed by atoms with Gasteiger partial charge < -0.3 is 38.6 Å². The largest absolute Gasteiger partial charge is 0.489 e. The Hall–Kier alpha value is -7.52. The van der Waals surface area contributed by atoms with Crippen molar-refractivity contribution in [2.24, 2.45) is 0 Å². The Morgan fingerprint density at radius 3 is 1.29 bits per heavy atom. The summed E-state index contributed by atoms with van der Waals surface area (Å²) in [6.45, 7) is 14.2. The Labute approximate surface area is 478 Å². The second-order valence-corrected chi connectivity index (χ2v) is 23.4. The molecule has 0 aromatic heterocycles. The van der Waals surface area contributed by atoms with E-state index in [1.54, 1.807) is 97.0 Å². The number of benzene rings is 4. The summed E-state index contributed by atoms with van der Waals surface area (Å²) < 4.78 is 109. The first-order valence-corrected chi connectivity index (χ1v) is 27.4. The number of anilines is 2. The molecule has 0 saturated heterocycles. The Bertz CT molecular complexity index is 3120. The van der Waals surface area contributed by atoms with Gasteiger partial charge in [-0.05, 0) is 187 Å². The van der Waals surface area contributed by atoms with Crippen LogP contribution in [-0.2, 0) is 71.8 Å². The quantitative estimate of drug-likeness (QED) is 0.0638. The van der Waals surface area contributed by atoms with Crippen LogP contribution in [0.15, 0.2) is 60.7 Å². The number of halogens is 6. The predicted molar refractivity (Wildman–Crippen MR) is 294 cm³/mol. The number of alkyl halides is 6. The summed E-state index contributed by atoms with van der Waals surface area (Å²) in [6.07, 6.45) is -7.34. The number of likely N-dealkylation sites (N-methyl/N-ethyl adjacent to an activating group) is 2. The monoisotopic (exact) mass is 1170 g/mol. The highest BCUT2D eigenvalue weighted by atomic mass is 19.4. The fourth-order valence-electron chi connectivity index (χ4n) is 10.2. The molecule has 4 amide bonds. The van der Waals surface area contributed by atoms with Crippen molar-refractivity contribution >= 4 is 47.3 Å². The predicted octanol–water partition coefficient (Wildman–Crippen LogP) is 12.2. The van der Waals surface area contributed by atoms with E-state index in [4.69, 9.17) is 23.7 Å². The molecule has 0 radical (unpaired) electrons. The van der Waals surface area contributed by atoms with Gasteiger partial charge in [0.25, 0.3) is 11.8 Å². The first-order chi connectivity index (χ1) is 38.7. The highest BCUT2D eigenvalue weighted by Gasteiger charge is 2.42. The molecule has 4 aliphatic rings. The molecule has 2 heterocycles. The van der Waals surface area contributed by atoms with E-state index >= 15 is 0 Å². The summed E-state index contributed by atoms with van der Waals surface area (Å²) in [5, 5.41) is 9.45. The van der Waals surface area contributed by atoms with Gasteiger partial charge >= 0.3 is 36.5 Å². The number of hydrogen-bond acceptors (Lipinski definition) is 11. The van der Waals surface area contributed by atoms with Crippen LogP contribution >= 0.6 is 0 Å². The van der Waals surface area contributed by atoms with Crippen molar-refractivity contribution in [1.82, 2.24) is 9.80 Å². The fraction of sp³-hybridized carbons (Fsp3) is 0.508. The molecule has 450 valence electrons. The second-order valence-electron chi connectivity index (χ2n) is 23.4. The van der Waals surface area contributed by atoms with Gasteiger partial charge in [-0.25, -0.2) is 9.59 Å². The highest BCUT2D eigenvalue weighted by molar-refractivity contribution is 6.03. The number of aliphatic carboxylic acids is 1. The van der Waals surface area contributed by atoms with Crippen LogP contribution in [0.2, 0.25) is 0 Å². The number of hydrogen-bond donors (Lipinski definition) is 1. The number of rotatable bonds is 16. The second kappa shape index (κ2) is 24.7. The lowest BCUT2D eigenvalue weighted by Gasteiger charge is -2.32. The van der Waals surface area contributed by atoms with E-state index in [2.05, 4.69) is 0 Å². The molecular weight excluding hydrogens is 1090 g/mol. The maximum absolute atomic E-state index is 13.7. The van der Waals surface area contributed by atoms with Crippen molar-refractivity contribution < 1.29 is 83.9 Å². The van der Waals surface area contributed by atoms with E-state index in [1.165, 1.54) is 37.1 Å². The van der Waals surface area contributed by atoms with E-state index in [0.29, 0.717) is 64.5 Å². The zero-order chi connectivity index (χ0) is 61.3. The summed E-state index contributed by atoms with van der Waals surface area (Å²) in [7, 11) is 3.94. The van der Waals surface area contributed by atoms with Crippen molar-refractivity contribution in [3.05, 3.63) is 116 Å². The minimum atomic E-state index is -4.44. The topological polar surface area (TPSA) is 182 Å². The lowest BCUT2D eigenvalue weighted by molar-refractivity contribution is -0.144. The fourth-order valence-corrected chi connectivity index (χ4v) is 10.2. The molecule has 83 heavy (non-hydrogen) atoms. The molecule has 2 fully saturated rings. The number of amides is 4. The van der Waals surface area contributed by atoms with E-state index in [9.17, 15) is 60.2 Å². The maximum atomic E-state index is 13.7. The van der Waals surface area contributed by atoms with E-state index in [-0.39, 0.29) is 38.0 Å². The lowest BCUT2D eigenvalue weighted by Crippen LogP contribution is -2.51. The van der Waals surface area contributed by atoms with Crippen LogP contribution in [0.3, 0.4) is 0 Å². The molecule has 2 aliphatic heterocycles. The average molecular weight is 1170 g/mol. The lowest BCUT2D eigenvalue weighted by atomic mass is 10.00. The van der Waals surface area contributed by atoms with E-state index in [1.807, 2.05) is 6.92 Å². The van der Waals surface area contributed by atoms with E-state index in [0.717, 1.165) is 63.8 Å². The van der Waals surface area contributed by atoms with Gasteiger partial charge in [0.05, 0.1) is 31.1 Å². The Kier molecular flexibility index (Phi) is 18.8. The number of methoxy groups -OCH3 is 1. The molecule has 0 bridgehead atoms. The molecular formula is C61H72F6N4O12. The van der Waals surface area contributed by atoms with Crippen molar-refractivity contribution in [3.63, 3.8) is 0 Å². The van der Waals surface area contributed by atoms with Crippen molar-refractivity contribution in [1.29, 1.82) is 0 Å². The Morgan fingerprint density at radius 1 is 0.590 bits per heavy atom. The summed E-state index contributed by atoms with van der Waals surface area (Å²) in [5.74, 6) is -1.99. The number of carbonyl (C=O) groups is 6. The minimum Gasteiger partial charge on any atom is -0.489 e. The smallest absolute Gasteiger partial charge is 0.416 e. The molecule has 2 atom stereocenters. The van der Waals surface area contributed by atoms with Crippen LogP contribution in [0.4, 0.5) is 47.3 Å². The van der Waals surface area contributed by atoms with Crippen molar-refractivity contribution in [2.75, 3.05) is 44.1 Å². The number of fused-ring (bicyclic) bond motifs is 2. The van der Waals surface area contributed by atoms with Crippen LogP contribution in [0.5, 0.6) is 11.5 Å². The number of ether oxygens (including phenoxy) is 5. The first-order valence-electron chi connectivity index (χ1n) is 27.4. The van der Waals surface area contributed by atoms with Gasteiger partial charge in [0.1, 0.15) is 48.0 Å². The Balaban J connectivity index is 0.000000239. The summed E-state index contributed by atoms with van der Waals surface area (Å²) in [5.41, 5.74) is 2.97. The molecule has 1 N–H and O–H groups in total. The number of nitrogens with zero attached hydrogens (tertiary/aromatic N) is 4. The van der Waals surface area contributed by atoms with Crippen molar-refractivity contribution in [3.8, 4) is 11.5 Å². The van der Waals surface area contributed by atoms with Gasteiger partial charge in [-0.3, -0.25) is 29.0 Å². The molecule has 2 saturated carbocycles. The molecule has 4 aromatic rings. The standard InChI is InChI=1S/C31H37F3N2O6.C30H35F3N2O6/c1-18-21-13-14-36(28(38)25(16-27(37)40-6)35(5)29(39)42-30(2,3)4)24(21)11-12-26(18)41-17-19-7-10-22(20-8-9-20)23(15-19)31(32,33)34;1-17-20-12-13-35(27(38)24(15-26(36)37)34(5)28(39)41-29(2,3)4)23(20)10-11-25(17)40-16-18-6-9-21(19-7-8-19)22(14-18)30(31,32)33/h7,10-12,15,20,25H,8-9,13-14,16-17H2,1-6H3;6,9-11,14,19,24H,7-8,12-13,15-16H2,1-5H3,(H,36,37)/t25-;24-/m11/s1. The SMILES string of the molecule is COC(=O)C[C@H](C(=O)N1CCc2c1ccc(OCc1ccc(C3CC3)c(C(F)(F)F)c1)c2C)N(C)C(=O)OC(C)(C)C.Cc1c(OCc2ccc(C3CC3)c(C(F)(F)F)c2)ccc2c1CCN2C(=O)[C@@H](CC(=O)O)N(C)C(=O)OC(C)(C)C. The summed E-state index contributed by atoms with van der Waals surface area (Å²) in [6, 6.07) is 13.0. The molecule has 16 nitrogen and oxygen atoms in total. The summed E-state index contributed by atoms with van der Waals surface area (Å²) in [4.78, 5) is 81.5. The van der Waals surface area contributed by atoms with Gasteiger partial charge in [0.2, 0.25) is 0 Å². The number of carbonyl (C=O) groups excluding carboxylic acids is 5. The van der Waals surface area contributed by atoms with Gasteiger partial charge in [-0.15, -0.1) is 0 Å². The van der Waals surface area contributed by atoms with Crippen LogP contribution in [0.1, 0.15) is 148 Å². The molecule has 2 aliphatic carbocycles. The molecule has 8 rings (SSSR count). The zero-order valence-corrected chi connectivity index (χ0v) is 48.6. The van der Waals surface area contributed by atoms with Crippen molar-refractivity contribution in [2.45, 2.75) is 167 Å². The number of carboxylic acids is 1. The average Bonchev–Trinajstić information content (AvgIpc) is 3.41. The molecule has 0 spiro atoms. The number of carboxylic acid groups (broad SMARTS) is 1. The van der Waals surface area contributed by atoms with E-state index < -0.39 is 89.1 Å². The maximum Gasteiger partial charge on any atom is 0.416 e. The normalized spacial score (nSPS) is 15.7. The van der Waals surface area contributed by atoms with Crippen LogP contribution in [-0.4, -0.2) is 108 Å². The molecule has 4 aromatic carbocycles. The third kappa shape index (κ3) is 15.6. The number of esters is 1.